The van der Waals surface area contributed by atoms with Crippen LogP contribution in [0.15, 0.2) is 47.0 Å². The second kappa shape index (κ2) is 8.57. The first kappa shape index (κ1) is 19.9. The summed E-state index contributed by atoms with van der Waals surface area (Å²) in [5.74, 6) is 2.37. The molecule has 3 aromatic rings. The average Bonchev–Trinajstić information content (AvgIpc) is 3.43. The van der Waals surface area contributed by atoms with Gasteiger partial charge in [0, 0.05) is 18.2 Å². The number of likely N-dealkylation sites (tertiary alicyclic amines) is 1. The smallest absolute Gasteiger partial charge is 0.249 e. The maximum Gasteiger partial charge on any atom is 0.249 e. The number of ether oxygens (including phenoxy) is 2. The molecule has 7 nitrogen and oxygen atoms in total. The molecule has 1 aromatic heterocycles. The fourth-order valence-corrected chi connectivity index (χ4v) is 3.84. The van der Waals surface area contributed by atoms with Gasteiger partial charge in [-0.15, -0.1) is 0 Å². The summed E-state index contributed by atoms with van der Waals surface area (Å²) in [6, 6.07) is 13.3. The van der Waals surface area contributed by atoms with E-state index in [0.29, 0.717) is 29.8 Å². The Balaban J connectivity index is 1.52. The number of carbonyl (C=O) groups is 1. The number of amides is 1. The van der Waals surface area contributed by atoms with Crippen molar-refractivity contribution in [2.45, 2.75) is 32.2 Å². The lowest BCUT2D eigenvalue weighted by molar-refractivity contribution is -0.131. The quantitative estimate of drug-likeness (QED) is 0.615. The van der Waals surface area contributed by atoms with E-state index in [1.807, 2.05) is 48.2 Å². The first-order chi connectivity index (χ1) is 14.6. The highest BCUT2D eigenvalue weighted by molar-refractivity contribution is 5.79. The SMILES string of the molecule is COc1cc(CC(=O)N2CCCC2c2nc(-c3cccc(C)c3)no2)cc(OC)c1. The number of methoxy groups -OCH3 is 2. The number of nitrogens with zero attached hydrogens (tertiary/aromatic N) is 3. The summed E-state index contributed by atoms with van der Waals surface area (Å²) in [6.45, 7) is 2.70. The van der Waals surface area contributed by atoms with Gasteiger partial charge in [-0.2, -0.15) is 4.98 Å². The van der Waals surface area contributed by atoms with Gasteiger partial charge in [-0.3, -0.25) is 4.79 Å². The Kier molecular flexibility index (Phi) is 5.70. The van der Waals surface area contributed by atoms with E-state index in [-0.39, 0.29) is 18.4 Å². The number of benzene rings is 2. The zero-order valence-corrected chi connectivity index (χ0v) is 17.4. The zero-order valence-electron chi connectivity index (χ0n) is 17.4. The van der Waals surface area contributed by atoms with Crippen LogP contribution in [0.3, 0.4) is 0 Å². The van der Waals surface area contributed by atoms with E-state index in [1.54, 1.807) is 20.3 Å². The van der Waals surface area contributed by atoms with Crippen molar-refractivity contribution in [3.05, 3.63) is 59.5 Å². The second-order valence-corrected chi connectivity index (χ2v) is 7.47. The first-order valence-electron chi connectivity index (χ1n) is 9.99. The zero-order chi connectivity index (χ0) is 21.1. The third-order valence-corrected chi connectivity index (χ3v) is 5.34. The van der Waals surface area contributed by atoms with Crippen LogP contribution in [0.25, 0.3) is 11.4 Å². The van der Waals surface area contributed by atoms with Gasteiger partial charge in [0.1, 0.15) is 17.5 Å². The standard InChI is InChI=1S/C23H25N3O4/c1-15-6-4-7-17(10-15)22-24-23(30-25-22)20-8-5-9-26(20)21(27)13-16-11-18(28-2)14-19(12-16)29-3/h4,6-7,10-12,14,20H,5,8-9,13H2,1-3H3. The minimum atomic E-state index is -0.198. The summed E-state index contributed by atoms with van der Waals surface area (Å²) >= 11 is 0. The molecule has 30 heavy (non-hydrogen) atoms. The number of rotatable bonds is 6. The lowest BCUT2D eigenvalue weighted by Gasteiger charge is -2.22. The molecule has 156 valence electrons. The summed E-state index contributed by atoms with van der Waals surface area (Å²) in [7, 11) is 3.19. The molecule has 4 rings (SSSR count). The predicted molar refractivity (Wildman–Crippen MR) is 111 cm³/mol. The van der Waals surface area contributed by atoms with Crippen molar-refractivity contribution in [3.8, 4) is 22.9 Å². The van der Waals surface area contributed by atoms with Gasteiger partial charge in [0.25, 0.3) is 0 Å². The highest BCUT2D eigenvalue weighted by Gasteiger charge is 2.34. The molecule has 1 aliphatic rings. The van der Waals surface area contributed by atoms with E-state index in [4.69, 9.17) is 14.0 Å². The van der Waals surface area contributed by atoms with Gasteiger partial charge in [-0.25, -0.2) is 0 Å². The van der Waals surface area contributed by atoms with Gasteiger partial charge >= 0.3 is 0 Å². The number of aryl methyl sites for hydroxylation is 1. The van der Waals surface area contributed by atoms with Crippen molar-refractivity contribution in [1.29, 1.82) is 0 Å². The monoisotopic (exact) mass is 407 g/mol. The maximum absolute atomic E-state index is 13.1. The molecule has 2 heterocycles. The molecule has 1 fully saturated rings. The third-order valence-electron chi connectivity index (χ3n) is 5.34. The Bertz CT molecular complexity index is 1020. The molecule has 7 heteroatoms. The van der Waals surface area contributed by atoms with E-state index in [0.717, 1.165) is 29.5 Å². The molecule has 0 N–H and O–H groups in total. The minimum Gasteiger partial charge on any atom is -0.497 e. The number of hydrogen-bond acceptors (Lipinski definition) is 6. The van der Waals surface area contributed by atoms with Crippen molar-refractivity contribution in [2.24, 2.45) is 0 Å². The summed E-state index contributed by atoms with van der Waals surface area (Å²) in [4.78, 5) is 19.5. The van der Waals surface area contributed by atoms with Crippen LogP contribution in [0.1, 0.15) is 35.9 Å². The van der Waals surface area contributed by atoms with Gasteiger partial charge in [0.05, 0.1) is 20.6 Å². The molecule has 0 radical (unpaired) electrons. The van der Waals surface area contributed by atoms with Crippen LogP contribution in [-0.2, 0) is 11.2 Å². The molecule has 1 atom stereocenters. The Morgan fingerprint density at radius 2 is 1.93 bits per heavy atom. The Labute approximate surface area is 175 Å². The number of hydrogen-bond donors (Lipinski definition) is 0. The van der Waals surface area contributed by atoms with E-state index in [9.17, 15) is 4.79 Å². The van der Waals surface area contributed by atoms with Gasteiger partial charge in [-0.05, 0) is 43.5 Å². The van der Waals surface area contributed by atoms with E-state index in [1.165, 1.54) is 0 Å². The lowest BCUT2D eigenvalue weighted by atomic mass is 10.1. The molecule has 1 aliphatic heterocycles. The van der Waals surface area contributed by atoms with Crippen molar-refractivity contribution in [2.75, 3.05) is 20.8 Å². The molecular weight excluding hydrogens is 382 g/mol. The van der Waals surface area contributed by atoms with Crippen molar-refractivity contribution in [3.63, 3.8) is 0 Å². The Morgan fingerprint density at radius 1 is 1.17 bits per heavy atom. The van der Waals surface area contributed by atoms with Crippen LogP contribution in [0.5, 0.6) is 11.5 Å². The third kappa shape index (κ3) is 4.15. The van der Waals surface area contributed by atoms with E-state index in [2.05, 4.69) is 10.1 Å². The van der Waals surface area contributed by atoms with E-state index >= 15 is 0 Å². The van der Waals surface area contributed by atoms with Gasteiger partial charge in [0.15, 0.2) is 0 Å². The fraction of sp³-hybridized carbons (Fsp3) is 0.348. The second-order valence-electron chi connectivity index (χ2n) is 7.47. The summed E-state index contributed by atoms with van der Waals surface area (Å²) in [6.07, 6.45) is 1.96. The number of carbonyl (C=O) groups excluding carboxylic acids is 1. The molecule has 0 bridgehead atoms. The highest BCUT2D eigenvalue weighted by Crippen LogP contribution is 2.33. The van der Waals surface area contributed by atoms with E-state index < -0.39 is 0 Å². The Morgan fingerprint density at radius 3 is 2.63 bits per heavy atom. The molecule has 1 saturated heterocycles. The molecule has 2 aromatic carbocycles. The predicted octanol–water partition coefficient (Wildman–Crippen LogP) is 3.97. The lowest BCUT2D eigenvalue weighted by Crippen LogP contribution is -2.32. The maximum atomic E-state index is 13.1. The molecular formula is C23H25N3O4. The average molecular weight is 407 g/mol. The molecule has 0 spiro atoms. The van der Waals surface area contributed by atoms with Crippen molar-refractivity contribution >= 4 is 5.91 Å². The van der Waals surface area contributed by atoms with Gasteiger partial charge in [0.2, 0.25) is 17.6 Å². The van der Waals surface area contributed by atoms with Crippen LogP contribution in [0, 0.1) is 6.92 Å². The molecule has 1 amide bonds. The summed E-state index contributed by atoms with van der Waals surface area (Å²) in [5.41, 5.74) is 2.88. The summed E-state index contributed by atoms with van der Waals surface area (Å²) in [5, 5.41) is 4.14. The first-order valence-corrected chi connectivity index (χ1v) is 9.99. The molecule has 0 aliphatic carbocycles. The van der Waals surface area contributed by atoms with Crippen LogP contribution < -0.4 is 9.47 Å². The van der Waals surface area contributed by atoms with Crippen LogP contribution >= 0.6 is 0 Å². The fourth-order valence-electron chi connectivity index (χ4n) is 3.84. The minimum absolute atomic E-state index is 0.0168. The normalized spacial score (nSPS) is 16.0. The molecule has 0 saturated carbocycles. The van der Waals surface area contributed by atoms with Crippen LogP contribution in [0.2, 0.25) is 0 Å². The van der Waals surface area contributed by atoms with Gasteiger partial charge in [-0.1, -0.05) is 28.9 Å². The van der Waals surface area contributed by atoms with Crippen molar-refractivity contribution in [1.82, 2.24) is 15.0 Å². The number of aromatic nitrogens is 2. The van der Waals surface area contributed by atoms with Crippen molar-refractivity contribution < 1.29 is 18.8 Å². The molecule has 1 unspecified atom stereocenters. The van der Waals surface area contributed by atoms with Crippen LogP contribution in [0.4, 0.5) is 0 Å². The highest BCUT2D eigenvalue weighted by atomic mass is 16.5. The van der Waals surface area contributed by atoms with Crippen LogP contribution in [-0.4, -0.2) is 41.7 Å². The Hall–Kier alpha value is -3.35. The van der Waals surface area contributed by atoms with Gasteiger partial charge < -0.3 is 18.9 Å². The topological polar surface area (TPSA) is 77.7 Å². The summed E-state index contributed by atoms with van der Waals surface area (Å²) < 4.78 is 16.2. The largest absolute Gasteiger partial charge is 0.497 e.